The normalized spacial score (nSPS) is 56.9. The third-order valence-electron chi connectivity index (χ3n) is 4.02. The summed E-state index contributed by atoms with van der Waals surface area (Å²) in [5, 5.41) is 9.58. The van der Waals surface area contributed by atoms with Crippen molar-refractivity contribution in [1.29, 1.82) is 0 Å². The van der Waals surface area contributed by atoms with Gasteiger partial charge in [-0.1, -0.05) is 12.2 Å². The van der Waals surface area contributed by atoms with Gasteiger partial charge in [0.05, 0.1) is 5.41 Å². The Morgan fingerprint density at radius 2 is 2.38 bits per heavy atom. The molecule has 0 amide bonds. The van der Waals surface area contributed by atoms with Crippen LogP contribution in [0.3, 0.4) is 0 Å². The molecule has 0 spiro atoms. The zero-order valence-electron chi connectivity index (χ0n) is 7.43. The molecule has 1 unspecified atom stereocenters. The van der Waals surface area contributed by atoms with E-state index in [2.05, 4.69) is 12.2 Å². The molecule has 0 radical (unpaired) electrons. The van der Waals surface area contributed by atoms with Crippen LogP contribution in [0.1, 0.15) is 13.3 Å². The van der Waals surface area contributed by atoms with E-state index in [0.717, 1.165) is 6.42 Å². The minimum absolute atomic E-state index is 0.00463. The van der Waals surface area contributed by atoms with Crippen LogP contribution >= 0.6 is 0 Å². The first-order valence-electron chi connectivity index (χ1n) is 4.71. The highest BCUT2D eigenvalue weighted by Crippen LogP contribution is 2.60. The van der Waals surface area contributed by atoms with Crippen LogP contribution in [-0.2, 0) is 9.53 Å². The van der Waals surface area contributed by atoms with E-state index in [9.17, 15) is 9.90 Å². The molecule has 1 saturated carbocycles. The van der Waals surface area contributed by atoms with Crippen LogP contribution in [-0.4, -0.2) is 17.4 Å². The van der Waals surface area contributed by atoms with E-state index >= 15 is 0 Å². The number of allylic oxidation sites excluding steroid dienone is 2. The smallest absolute Gasteiger partial charge is 0.315 e. The first kappa shape index (κ1) is 7.56. The molecule has 3 aliphatic rings. The van der Waals surface area contributed by atoms with Gasteiger partial charge in [0.2, 0.25) is 6.29 Å². The summed E-state index contributed by atoms with van der Waals surface area (Å²) in [5.74, 6) is 0.403. The SMILES string of the molecule is C[C@]12C(=O)O[C@H](O)[C@@H]1[C@@H]1C=CC2C1. The van der Waals surface area contributed by atoms with Crippen LogP contribution in [0, 0.1) is 23.2 Å². The van der Waals surface area contributed by atoms with Crippen LogP contribution in [0.15, 0.2) is 12.2 Å². The quantitative estimate of drug-likeness (QED) is 0.440. The van der Waals surface area contributed by atoms with E-state index in [-0.39, 0.29) is 17.8 Å². The van der Waals surface area contributed by atoms with Crippen molar-refractivity contribution in [3.63, 3.8) is 0 Å². The maximum atomic E-state index is 11.6. The highest BCUT2D eigenvalue weighted by atomic mass is 16.6. The number of hydrogen-bond acceptors (Lipinski definition) is 3. The standard InChI is InChI=1S/C10H12O3/c1-10-6-3-2-5(4-6)7(10)8(11)13-9(10)12/h2-3,5-8,11H,4H2,1H3/t5-,6?,7+,8+,10-/m1/s1. The number of hydrogen-bond donors (Lipinski definition) is 1. The number of carbonyl (C=O) groups excluding carboxylic acids is 1. The molecule has 3 heteroatoms. The molecule has 2 aliphatic carbocycles. The second-order valence-corrected chi connectivity index (χ2v) is 4.50. The summed E-state index contributed by atoms with van der Waals surface area (Å²) in [6.45, 7) is 1.92. The van der Waals surface area contributed by atoms with Crippen molar-refractivity contribution in [2.45, 2.75) is 19.6 Å². The number of cyclic esters (lactones) is 1. The minimum atomic E-state index is -0.877. The van der Waals surface area contributed by atoms with Crippen LogP contribution in [0.4, 0.5) is 0 Å². The van der Waals surface area contributed by atoms with Gasteiger partial charge < -0.3 is 9.84 Å². The van der Waals surface area contributed by atoms with Crippen molar-refractivity contribution in [2.24, 2.45) is 23.2 Å². The third kappa shape index (κ3) is 0.645. The Morgan fingerprint density at radius 3 is 3.08 bits per heavy atom. The summed E-state index contributed by atoms with van der Waals surface area (Å²) >= 11 is 0. The van der Waals surface area contributed by atoms with Gasteiger partial charge in [-0.25, -0.2) is 0 Å². The third-order valence-corrected chi connectivity index (χ3v) is 4.02. The predicted octanol–water partition coefficient (Wildman–Crippen LogP) is 0.690. The first-order valence-corrected chi connectivity index (χ1v) is 4.71. The van der Waals surface area contributed by atoms with Gasteiger partial charge >= 0.3 is 5.97 Å². The summed E-state index contributed by atoms with van der Waals surface area (Å²) in [4.78, 5) is 11.6. The Morgan fingerprint density at radius 1 is 1.62 bits per heavy atom. The van der Waals surface area contributed by atoms with Crippen molar-refractivity contribution in [3.8, 4) is 0 Å². The largest absolute Gasteiger partial charge is 0.435 e. The van der Waals surface area contributed by atoms with Crippen molar-refractivity contribution in [1.82, 2.24) is 0 Å². The molecule has 3 rings (SSSR count). The summed E-state index contributed by atoms with van der Waals surface area (Å²) in [7, 11) is 0. The topological polar surface area (TPSA) is 46.5 Å². The van der Waals surface area contributed by atoms with Gasteiger partial charge in [0.25, 0.3) is 0 Å². The molecule has 0 aromatic rings. The lowest BCUT2D eigenvalue weighted by atomic mass is 9.71. The van der Waals surface area contributed by atoms with E-state index in [1.807, 2.05) is 6.92 Å². The summed E-state index contributed by atoms with van der Waals surface area (Å²) in [6.07, 6.45) is 4.34. The number of carbonyl (C=O) groups is 1. The maximum Gasteiger partial charge on any atom is 0.315 e. The molecule has 1 N–H and O–H groups in total. The summed E-state index contributed by atoms with van der Waals surface area (Å²) < 4.78 is 4.89. The highest BCUT2D eigenvalue weighted by Gasteiger charge is 2.65. The van der Waals surface area contributed by atoms with Crippen LogP contribution in [0.5, 0.6) is 0 Å². The average Bonchev–Trinajstić information content (AvgIpc) is 2.66. The lowest BCUT2D eigenvalue weighted by molar-refractivity contribution is -0.160. The Bertz CT molecular complexity index is 309. The zero-order valence-corrected chi connectivity index (χ0v) is 7.43. The number of fused-ring (bicyclic) bond motifs is 5. The van der Waals surface area contributed by atoms with Crippen LogP contribution < -0.4 is 0 Å². The Labute approximate surface area is 76.4 Å². The van der Waals surface area contributed by atoms with Gasteiger partial charge in [-0.2, -0.15) is 0 Å². The van der Waals surface area contributed by atoms with Crippen molar-refractivity contribution in [3.05, 3.63) is 12.2 Å². The van der Waals surface area contributed by atoms with Crippen molar-refractivity contribution < 1.29 is 14.6 Å². The minimum Gasteiger partial charge on any atom is -0.435 e. The summed E-state index contributed by atoms with van der Waals surface area (Å²) in [5.41, 5.74) is -0.446. The fourth-order valence-corrected chi connectivity index (χ4v) is 3.24. The molecular formula is C10H12O3. The number of aliphatic hydroxyl groups excluding tert-OH is 1. The molecule has 70 valence electrons. The number of aliphatic hydroxyl groups is 1. The fraction of sp³-hybridized carbons (Fsp3) is 0.700. The van der Waals surface area contributed by atoms with Gasteiger partial charge in [-0.05, 0) is 25.2 Å². The Hall–Kier alpha value is -0.830. The average molecular weight is 180 g/mol. The Kier molecular flexibility index (Phi) is 1.15. The highest BCUT2D eigenvalue weighted by molar-refractivity contribution is 5.81. The molecule has 1 saturated heterocycles. The zero-order chi connectivity index (χ0) is 9.22. The van der Waals surface area contributed by atoms with Gasteiger partial charge in [-0.15, -0.1) is 0 Å². The summed E-state index contributed by atoms with van der Waals surface area (Å²) in [6, 6.07) is 0. The molecular weight excluding hydrogens is 168 g/mol. The van der Waals surface area contributed by atoms with E-state index < -0.39 is 11.7 Å². The van der Waals surface area contributed by atoms with Crippen molar-refractivity contribution >= 4 is 5.97 Å². The molecule has 2 fully saturated rings. The van der Waals surface area contributed by atoms with Crippen LogP contribution in [0.2, 0.25) is 0 Å². The second kappa shape index (κ2) is 1.98. The monoisotopic (exact) mass is 180 g/mol. The molecule has 3 nitrogen and oxygen atoms in total. The number of rotatable bonds is 0. The number of esters is 1. The lowest BCUT2D eigenvalue weighted by Crippen LogP contribution is -2.35. The number of ether oxygens (including phenoxy) is 1. The van der Waals surface area contributed by atoms with E-state index in [0.29, 0.717) is 5.92 Å². The molecule has 0 aromatic carbocycles. The van der Waals surface area contributed by atoms with Gasteiger partial charge in [0.1, 0.15) is 0 Å². The van der Waals surface area contributed by atoms with E-state index in [1.54, 1.807) is 0 Å². The van der Waals surface area contributed by atoms with E-state index in [1.165, 1.54) is 0 Å². The van der Waals surface area contributed by atoms with Gasteiger partial charge in [0, 0.05) is 5.92 Å². The molecule has 0 aromatic heterocycles. The molecule has 1 heterocycles. The fourth-order valence-electron chi connectivity index (χ4n) is 3.24. The van der Waals surface area contributed by atoms with E-state index in [4.69, 9.17) is 4.74 Å². The first-order chi connectivity index (χ1) is 6.14. The molecule has 2 bridgehead atoms. The Balaban J connectivity index is 2.12. The molecule has 5 atom stereocenters. The second-order valence-electron chi connectivity index (χ2n) is 4.50. The van der Waals surface area contributed by atoms with Crippen molar-refractivity contribution in [2.75, 3.05) is 0 Å². The molecule has 1 aliphatic heterocycles. The molecule has 13 heavy (non-hydrogen) atoms. The van der Waals surface area contributed by atoms with Crippen LogP contribution in [0.25, 0.3) is 0 Å². The van der Waals surface area contributed by atoms with Gasteiger partial charge in [-0.3, -0.25) is 4.79 Å². The predicted molar refractivity (Wildman–Crippen MR) is 44.4 cm³/mol. The van der Waals surface area contributed by atoms with Gasteiger partial charge in [0.15, 0.2) is 0 Å². The lowest BCUT2D eigenvalue weighted by Gasteiger charge is -2.27. The maximum absolute atomic E-state index is 11.6.